The van der Waals surface area contributed by atoms with E-state index < -0.39 is 11.7 Å². The Hall–Kier alpha value is -1.98. The summed E-state index contributed by atoms with van der Waals surface area (Å²) in [6.45, 7) is 5.49. The van der Waals surface area contributed by atoms with Gasteiger partial charge in [0.15, 0.2) is 0 Å². The van der Waals surface area contributed by atoms with Crippen molar-refractivity contribution in [2.75, 3.05) is 0 Å². The van der Waals surface area contributed by atoms with Crippen molar-refractivity contribution in [2.24, 2.45) is 0 Å². The van der Waals surface area contributed by atoms with Crippen LogP contribution in [0.15, 0.2) is 18.3 Å². The molecule has 0 bridgehead atoms. The molecule has 0 atom stereocenters. The van der Waals surface area contributed by atoms with Gasteiger partial charge >= 0.3 is 6.09 Å². The lowest BCUT2D eigenvalue weighted by Crippen LogP contribution is -2.50. The van der Waals surface area contributed by atoms with Crippen molar-refractivity contribution < 1.29 is 19.4 Å². The molecule has 1 aliphatic rings. The van der Waals surface area contributed by atoms with Crippen LogP contribution in [0.1, 0.15) is 33.6 Å². The summed E-state index contributed by atoms with van der Waals surface area (Å²) < 4.78 is 10.8. The molecular formula is C14H20N2O4. The van der Waals surface area contributed by atoms with Crippen LogP contribution in [-0.4, -0.2) is 33.9 Å². The SMILES string of the molecule is CC(C)(C)OC(=O)N[C@H]1C[C@@H](Oc2ccc(O)cn2)C1. The van der Waals surface area contributed by atoms with Gasteiger partial charge in [-0.15, -0.1) is 0 Å². The lowest BCUT2D eigenvalue weighted by molar-refractivity contribution is 0.0354. The fourth-order valence-electron chi connectivity index (χ4n) is 1.87. The number of ether oxygens (including phenoxy) is 2. The third-order valence-electron chi connectivity index (χ3n) is 2.82. The highest BCUT2D eigenvalue weighted by molar-refractivity contribution is 5.68. The molecule has 0 radical (unpaired) electrons. The number of hydrogen-bond acceptors (Lipinski definition) is 5. The Balaban J connectivity index is 1.70. The summed E-state index contributed by atoms with van der Waals surface area (Å²) in [5.41, 5.74) is -0.486. The zero-order valence-corrected chi connectivity index (χ0v) is 11.9. The minimum atomic E-state index is -0.486. The molecule has 20 heavy (non-hydrogen) atoms. The van der Waals surface area contributed by atoms with E-state index in [9.17, 15) is 4.79 Å². The summed E-state index contributed by atoms with van der Waals surface area (Å²) in [5.74, 6) is 0.582. The van der Waals surface area contributed by atoms with Gasteiger partial charge in [0.2, 0.25) is 5.88 Å². The molecule has 0 unspecified atom stereocenters. The quantitative estimate of drug-likeness (QED) is 0.887. The first kappa shape index (κ1) is 14.4. The maximum atomic E-state index is 11.6. The minimum absolute atomic E-state index is 0.0342. The number of alkyl carbamates (subject to hydrolysis) is 1. The molecule has 0 saturated heterocycles. The van der Waals surface area contributed by atoms with Crippen LogP contribution in [0.3, 0.4) is 0 Å². The van der Waals surface area contributed by atoms with Crippen molar-refractivity contribution in [1.29, 1.82) is 0 Å². The predicted octanol–water partition coefficient (Wildman–Crippen LogP) is 2.22. The lowest BCUT2D eigenvalue weighted by Gasteiger charge is -2.35. The summed E-state index contributed by atoms with van der Waals surface area (Å²) in [5, 5.41) is 11.9. The van der Waals surface area contributed by atoms with Gasteiger partial charge in [-0.25, -0.2) is 9.78 Å². The normalized spacial score (nSPS) is 21.8. The monoisotopic (exact) mass is 280 g/mol. The van der Waals surface area contributed by atoms with E-state index >= 15 is 0 Å². The summed E-state index contributed by atoms with van der Waals surface area (Å²) >= 11 is 0. The molecular weight excluding hydrogens is 260 g/mol. The molecule has 110 valence electrons. The van der Waals surface area contributed by atoms with Gasteiger partial charge in [-0.1, -0.05) is 0 Å². The first-order chi connectivity index (χ1) is 9.32. The molecule has 1 amide bonds. The molecule has 0 aromatic carbocycles. The third-order valence-corrected chi connectivity index (χ3v) is 2.82. The topological polar surface area (TPSA) is 80.7 Å². The Morgan fingerprint density at radius 2 is 2.10 bits per heavy atom. The van der Waals surface area contributed by atoms with Gasteiger partial charge in [-0.05, 0) is 26.8 Å². The number of amides is 1. The zero-order chi connectivity index (χ0) is 14.8. The number of pyridine rings is 1. The van der Waals surface area contributed by atoms with Crippen LogP contribution >= 0.6 is 0 Å². The molecule has 1 heterocycles. The van der Waals surface area contributed by atoms with E-state index in [4.69, 9.17) is 14.6 Å². The number of rotatable bonds is 3. The van der Waals surface area contributed by atoms with E-state index in [1.165, 1.54) is 12.3 Å². The highest BCUT2D eigenvalue weighted by Crippen LogP contribution is 2.25. The number of nitrogens with zero attached hydrogens (tertiary/aromatic N) is 1. The van der Waals surface area contributed by atoms with Crippen LogP contribution in [0.4, 0.5) is 4.79 Å². The van der Waals surface area contributed by atoms with Gasteiger partial charge < -0.3 is 19.9 Å². The van der Waals surface area contributed by atoms with Gasteiger partial charge in [0.25, 0.3) is 0 Å². The maximum absolute atomic E-state index is 11.6. The van der Waals surface area contributed by atoms with Crippen molar-refractivity contribution in [1.82, 2.24) is 10.3 Å². The van der Waals surface area contributed by atoms with Gasteiger partial charge in [-0.2, -0.15) is 0 Å². The average molecular weight is 280 g/mol. The van der Waals surface area contributed by atoms with E-state index in [1.807, 2.05) is 20.8 Å². The minimum Gasteiger partial charge on any atom is -0.506 e. The van der Waals surface area contributed by atoms with Crippen molar-refractivity contribution in [3.63, 3.8) is 0 Å². The highest BCUT2D eigenvalue weighted by Gasteiger charge is 2.33. The van der Waals surface area contributed by atoms with Crippen LogP contribution in [-0.2, 0) is 4.74 Å². The van der Waals surface area contributed by atoms with Crippen molar-refractivity contribution in [2.45, 2.75) is 51.4 Å². The average Bonchev–Trinajstić information content (AvgIpc) is 2.26. The summed E-state index contributed by atoms with van der Waals surface area (Å²) in [7, 11) is 0. The predicted molar refractivity (Wildman–Crippen MR) is 72.7 cm³/mol. The molecule has 0 aliphatic heterocycles. The number of carbonyl (C=O) groups excluding carboxylic acids is 1. The van der Waals surface area contributed by atoms with Crippen molar-refractivity contribution in [3.05, 3.63) is 18.3 Å². The Bertz CT molecular complexity index is 461. The van der Waals surface area contributed by atoms with Crippen LogP contribution in [0, 0.1) is 0 Å². The fraction of sp³-hybridized carbons (Fsp3) is 0.571. The molecule has 2 rings (SSSR count). The second-order valence-electron chi connectivity index (χ2n) is 5.91. The Morgan fingerprint density at radius 3 is 2.65 bits per heavy atom. The van der Waals surface area contributed by atoms with Crippen molar-refractivity contribution >= 4 is 6.09 Å². The van der Waals surface area contributed by atoms with Crippen molar-refractivity contribution in [3.8, 4) is 11.6 Å². The first-order valence-electron chi connectivity index (χ1n) is 6.63. The second kappa shape index (κ2) is 5.56. The summed E-state index contributed by atoms with van der Waals surface area (Å²) in [6.07, 6.45) is 2.42. The third kappa shape index (κ3) is 4.29. The molecule has 2 N–H and O–H groups in total. The fourth-order valence-corrected chi connectivity index (χ4v) is 1.87. The molecule has 6 heteroatoms. The van der Waals surface area contributed by atoms with E-state index in [0.29, 0.717) is 5.88 Å². The Labute approximate surface area is 118 Å². The number of carbonyl (C=O) groups is 1. The maximum Gasteiger partial charge on any atom is 0.407 e. The molecule has 6 nitrogen and oxygen atoms in total. The van der Waals surface area contributed by atoms with E-state index in [2.05, 4.69) is 10.3 Å². The standard InChI is InChI=1S/C14H20N2O4/c1-14(2,3)20-13(18)16-9-6-11(7-9)19-12-5-4-10(17)8-15-12/h4-5,8-9,11,17H,6-7H2,1-3H3,(H,16,18)/t9-,11+. The van der Waals surface area contributed by atoms with Crippen LogP contribution < -0.4 is 10.1 Å². The second-order valence-corrected chi connectivity index (χ2v) is 5.91. The first-order valence-corrected chi connectivity index (χ1v) is 6.63. The molecule has 1 saturated carbocycles. The Kier molecular flexibility index (Phi) is 4.01. The number of aromatic nitrogens is 1. The van der Waals surface area contributed by atoms with Gasteiger partial charge in [0.05, 0.1) is 6.20 Å². The number of hydrogen-bond donors (Lipinski definition) is 2. The van der Waals surface area contributed by atoms with E-state index in [1.54, 1.807) is 6.07 Å². The van der Waals surface area contributed by atoms with Crippen LogP contribution in [0.2, 0.25) is 0 Å². The van der Waals surface area contributed by atoms with Gasteiger partial charge in [0.1, 0.15) is 17.5 Å². The van der Waals surface area contributed by atoms with E-state index in [0.717, 1.165) is 12.8 Å². The molecule has 1 aromatic rings. The molecule has 0 spiro atoms. The van der Waals surface area contributed by atoms with Gasteiger partial charge in [0, 0.05) is 24.9 Å². The Morgan fingerprint density at radius 1 is 1.40 bits per heavy atom. The highest BCUT2D eigenvalue weighted by atomic mass is 16.6. The number of nitrogens with one attached hydrogen (secondary N) is 1. The van der Waals surface area contributed by atoms with Crippen LogP contribution in [0.5, 0.6) is 11.6 Å². The van der Waals surface area contributed by atoms with Gasteiger partial charge in [-0.3, -0.25) is 0 Å². The van der Waals surface area contributed by atoms with Crippen LogP contribution in [0.25, 0.3) is 0 Å². The molecule has 1 aliphatic carbocycles. The number of aromatic hydroxyl groups is 1. The molecule has 1 fully saturated rings. The molecule has 1 aromatic heterocycles. The smallest absolute Gasteiger partial charge is 0.407 e. The largest absolute Gasteiger partial charge is 0.506 e. The zero-order valence-electron chi connectivity index (χ0n) is 11.9. The lowest BCUT2D eigenvalue weighted by atomic mass is 9.89. The van der Waals surface area contributed by atoms with E-state index in [-0.39, 0.29) is 17.9 Å². The summed E-state index contributed by atoms with van der Waals surface area (Å²) in [4.78, 5) is 15.5. The summed E-state index contributed by atoms with van der Waals surface area (Å²) in [6, 6.07) is 3.22.